The van der Waals surface area contributed by atoms with Crippen molar-refractivity contribution in [2.45, 2.75) is 11.8 Å². The molecule has 4 nitrogen and oxygen atoms in total. The highest BCUT2D eigenvalue weighted by Gasteiger charge is 2.33. The molecule has 2 heterocycles. The monoisotopic (exact) mass is 387 g/mol. The predicted molar refractivity (Wildman–Crippen MR) is 116 cm³/mol. The van der Waals surface area contributed by atoms with Crippen molar-refractivity contribution in [3.63, 3.8) is 0 Å². The minimum Gasteiger partial charge on any atom is -0.508 e. The molecule has 3 aromatic carbocycles. The fourth-order valence-corrected chi connectivity index (χ4v) is 4.56. The van der Waals surface area contributed by atoms with Gasteiger partial charge < -0.3 is 20.1 Å². The van der Waals surface area contributed by atoms with E-state index in [2.05, 4.69) is 53.4 Å². The standard InChI is InChI=1S/C25H26N2O2/c28-21-10-11-22-24(16-21)29-17-23(18-4-2-1-3-5-18)25(22)19-6-8-20(9-7-19)27-14-12-26-13-15-27/h1-11,16,23,25-26,28H,12-15,17H2/t23-,25-/m0/s1/i/hD. The summed E-state index contributed by atoms with van der Waals surface area (Å²) in [6, 6.07) is 24.8. The van der Waals surface area contributed by atoms with Crippen LogP contribution in [0.2, 0.25) is 1.41 Å². The number of hydrogen-bond donors (Lipinski definition) is 2. The average Bonchev–Trinajstić information content (AvgIpc) is 2.79. The molecule has 0 aromatic heterocycles. The number of phenols is 1. The van der Waals surface area contributed by atoms with Crippen molar-refractivity contribution in [1.82, 2.24) is 5.31 Å². The van der Waals surface area contributed by atoms with Gasteiger partial charge in [-0.2, -0.15) is 0 Å². The minimum absolute atomic E-state index is 0.163. The molecular weight excluding hydrogens is 360 g/mol. The van der Waals surface area contributed by atoms with Gasteiger partial charge in [0.25, 0.3) is 0 Å². The van der Waals surface area contributed by atoms with Gasteiger partial charge in [-0.25, -0.2) is 0 Å². The Balaban J connectivity index is 1.50. The summed E-state index contributed by atoms with van der Waals surface area (Å²) in [7, 11) is 0. The first-order chi connectivity index (χ1) is 14.7. The molecule has 29 heavy (non-hydrogen) atoms. The van der Waals surface area contributed by atoms with Gasteiger partial charge in [0.2, 0.25) is 0 Å². The summed E-state index contributed by atoms with van der Waals surface area (Å²) in [5.74, 6) is 1.37. The van der Waals surface area contributed by atoms with Crippen LogP contribution in [0, 0.1) is 0 Å². The fourth-order valence-electron chi connectivity index (χ4n) is 4.56. The molecule has 0 bridgehead atoms. The molecule has 148 valence electrons. The topological polar surface area (TPSA) is 44.7 Å². The Hall–Kier alpha value is -2.98. The lowest BCUT2D eigenvalue weighted by molar-refractivity contribution is 0.248. The molecule has 0 saturated carbocycles. The number of piperazine rings is 1. The van der Waals surface area contributed by atoms with E-state index in [-0.39, 0.29) is 17.6 Å². The highest BCUT2D eigenvalue weighted by Crippen LogP contribution is 2.47. The number of ether oxygens (including phenoxy) is 1. The zero-order valence-corrected chi connectivity index (χ0v) is 16.4. The maximum absolute atomic E-state index is 9.92. The zero-order chi connectivity index (χ0) is 20.5. The van der Waals surface area contributed by atoms with Gasteiger partial charge in [-0.15, -0.1) is 0 Å². The van der Waals surface area contributed by atoms with E-state index < -0.39 is 0 Å². The molecule has 5 rings (SSSR count). The van der Waals surface area contributed by atoms with Gasteiger partial charge in [0.15, 0.2) is 0 Å². The Bertz CT molecular complexity index is 1000. The average molecular weight is 388 g/mol. The smallest absolute Gasteiger partial charge is 0.126 e. The molecule has 2 aliphatic rings. The Labute approximate surface area is 173 Å². The molecule has 1 saturated heterocycles. The van der Waals surface area contributed by atoms with Crippen molar-refractivity contribution >= 4 is 5.69 Å². The predicted octanol–water partition coefficient (Wildman–Crippen LogP) is 4.11. The van der Waals surface area contributed by atoms with Gasteiger partial charge in [-0.05, 0) is 29.3 Å². The number of aromatic hydroxyl groups is 1. The minimum atomic E-state index is 0.163. The van der Waals surface area contributed by atoms with Gasteiger partial charge in [0.1, 0.15) is 12.9 Å². The lowest BCUT2D eigenvalue weighted by atomic mass is 9.76. The molecule has 0 spiro atoms. The van der Waals surface area contributed by atoms with Crippen LogP contribution in [0.3, 0.4) is 0 Å². The van der Waals surface area contributed by atoms with Crippen LogP contribution in [0.15, 0.2) is 72.8 Å². The van der Waals surface area contributed by atoms with Crippen LogP contribution in [0.4, 0.5) is 5.69 Å². The van der Waals surface area contributed by atoms with Crippen LogP contribution in [0.25, 0.3) is 0 Å². The fraction of sp³-hybridized carbons (Fsp3) is 0.280. The summed E-state index contributed by atoms with van der Waals surface area (Å²) in [5.41, 5.74) is 4.84. The number of nitrogens with zero attached hydrogens (tertiary/aromatic N) is 1. The van der Waals surface area contributed by atoms with E-state index in [1.807, 2.05) is 12.1 Å². The van der Waals surface area contributed by atoms with E-state index in [0.717, 1.165) is 37.5 Å². The van der Waals surface area contributed by atoms with Crippen LogP contribution in [-0.4, -0.2) is 37.9 Å². The second kappa shape index (κ2) is 7.80. The van der Waals surface area contributed by atoms with Crippen molar-refractivity contribution in [1.29, 1.82) is 0 Å². The van der Waals surface area contributed by atoms with E-state index in [0.29, 0.717) is 6.61 Å². The van der Waals surface area contributed by atoms with Gasteiger partial charge in [0.05, 0.1) is 6.61 Å². The SMILES string of the molecule is [2H]N1CCN(c2ccc([C@H]3c4ccc(O)cc4OC[C@H]3c3ccccc3)cc2)CC1. The van der Waals surface area contributed by atoms with Crippen LogP contribution in [-0.2, 0) is 0 Å². The van der Waals surface area contributed by atoms with Crippen molar-refractivity contribution in [2.75, 3.05) is 37.7 Å². The number of phenolic OH excluding ortho intramolecular Hbond substituents is 1. The first-order valence-corrected chi connectivity index (χ1v) is 10.3. The van der Waals surface area contributed by atoms with Gasteiger partial charge in [0, 0.05) is 55.3 Å². The Morgan fingerprint density at radius 2 is 1.69 bits per heavy atom. The second-order valence-corrected chi connectivity index (χ2v) is 7.78. The molecule has 0 unspecified atom stereocenters. The van der Waals surface area contributed by atoms with E-state index in [1.165, 1.54) is 16.8 Å². The first kappa shape index (κ1) is 16.9. The van der Waals surface area contributed by atoms with Crippen LogP contribution in [0.5, 0.6) is 11.5 Å². The lowest BCUT2D eigenvalue weighted by Crippen LogP contribution is -2.43. The summed E-state index contributed by atoms with van der Waals surface area (Å²) in [4.78, 5) is 2.35. The van der Waals surface area contributed by atoms with Gasteiger partial charge in [-0.1, -0.05) is 48.5 Å². The third kappa shape index (κ3) is 3.56. The Kier molecular flexibility index (Phi) is 4.55. The molecule has 3 aromatic rings. The first-order valence-electron chi connectivity index (χ1n) is 10.7. The van der Waals surface area contributed by atoms with Crippen molar-refractivity contribution < 1.29 is 11.3 Å². The maximum Gasteiger partial charge on any atom is 0.126 e. The largest absolute Gasteiger partial charge is 0.508 e. The number of anilines is 1. The Morgan fingerprint density at radius 1 is 0.931 bits per heavy atom. The normalized spacial score (nSPS) is 22.5. The molecule has 2 atom stereocenters. The number of benzene rings is 3. The molecule has 0 amide bonds. The van der Waals surface area contributed by atoms with Crippen LogP contribution in [0.1, 0.15) is 28.5 Å². The quantitative estimate of drug-likeness (QED) is 0.710. The third-order valence-electron chi connectivity index (χ3n) is 6.05. The molecule has 2 N–H and O–H groups in total. The maximum atomic E-state index is 9.92. The summed E-state index contributed by atoms with van der Waals surface area (Å²) in [6.07, 6.45) is 0. The number of fused-ring (bicyclic) bond motifs is 1. The molecular formula is C25H26N2O2. The molecule has 4 heteroatoms. The summed E-state index contributed by atoms with van der Waals surface area (Å²) < 4.78 is 13.8. The zero-order valence-electron chi connectivity index (χ0n) is 17.4. The van der Waals surface area contributed by atoms with E-state index in [4.69, 9.17) is 6.15 Å². The van der Waals surface area contributed by atoms with Crippen LogP contribution >= 0.6 is 0 Å². The van der Waals surface area contributed by atoms with E-state index in [1.54, 1.807) is 17.4 Å². The molecule has 1 fully saturated rings. The number of rotatable bonds is 3. The van der Waals surface area contributed by atoms with Gasteiger partial charge in [-0.3, -0.25) is 0 Å². The summed E-state index contributed by atoms with van der Waals surface area (Å²) in [5, 5.41) is 11.6. The molecule has 0 radical (unpaired) electrons. The highest BCUT2D eigenvalue weighted by atomic mass is 16.5. The van der Waals surface area contributed by atoms with E-state index >= 15 is 0 Å². The summed E-state index contributed by atoms with van der Waals surface area (Å²) in [6.45, 7) is 3.89. The van der Waals surface area contributed by atoms with E-state index in [9.17, 15) is 5.11 Å². The Morgan fingerprint density at radius 3 is 2.45 bits per heavy atom. The summed E-state index contributed by atoms with van der Waals surface area (Å²) >= 11 is 0. The van der Waals surface area contributed by atoms with Crippen molar-refractivity contribution in [2.24, 2.45) is 0 Å². The number of nitrogens with one attached hydrogen (secondary N) is 1. The molecule has 0 aliphatic carbocycles. The highest BCUT2D eigenvalue weighted by molar-refractivity contribution is 5.54. The molecule has 2 aliphatic heterocycles. The van der Waals surface area contributed by atoms with Crippen molar-refractivity contribution in [3.05, 3.63) is 89.5 Å². The lowest BCUT2D eigenvalue weighted by Gasteiger charge is -2.35. The van der Waals surface area contributed by atoms with Gasteiger partial charge >= 0.3 is 0 Å². The number of hydrogen-bond acceptors (Lipinski definition) is 4. The third-order valence-corrected chi connectivity index (χ3v) is 6.05. The second-order valence-electron chi connectivity index (χ2n) is 7.78. The van der Waals surface area contributed by atoms with Crippen LogP contribution < -0.4 is 14.9 Å². The van der Waals surface area contributed by atoms with Crippen molar-refractivity contribution in [3.8, 4) is 11.5 Å².